The number of urea groups is 1. The first-order valence-electron chi connectivity index (χ1n) is 5.47. The van der Waals surface area contributed by atoms with Crippen molar-refractivity contribution in [1.29, 1.82) is 0 Å². The van der Waals surface area contributed by atoms with Gasteiger partial charge >= 0.3 is 12.0 Å². The van der Waals surface area contributed by atoms with Crippen molar-refractivity contribution in [2.45, 2.75) is 19.9 Å². The number of hydrogen-bond acceptors (Lipinski definition) is 4. The van der Waals surface area contributed by atoms with Crippen LogP contribution in [0.1, 0.15) is 13.8 Å². The summed E-state index contributed by atoms with van der Waals surface area (Å²) in [7, 11) is 0. The first kappa shape index (κ1) is 16.2. The highest BCUT2D eigenvalue weighted by Gasteiger charge is 2.22. The van der Waals surface area contributed by atoms with Gasteiger partial charge < -0.3 is 26.2 Å². The maximum absolute atomic E-state index is 11.3. The number of aliphatic carboxylic acids is 1. The molecule has 0 heterocycles. The van der Waals surface area contributed by atoms with Crippen molar-refractivity contribution in [2.75, 3.05) is 19.8 Å². The lowest BCUT2D eigenvalue weighted by Crippen LogP contribution is -2.49. The largest absolute Gasteiger partial charge is 0.480 e. The van der Waals surface area contributed by atoms with Crippen LogP contribution >= 0.6 is 0 Å². The molecule has 104 valence electrons. The summed E-state index contributed by atoms with van der Waals surface area (Å²) in [4.78, 5) is 32.5. The lowest BCUT2D eigenvalue weighted by Gasteiger charge is -2.18. The van der Waals surface area contributed by atoms with Crippen LogP contribution in [0.4, 0.5) is 4.79 Å². The fraction of sp³-hybridized carbons (Fsp3) is 0.700. The number of primary amides is 1. The van der Waals surface area contributed by atoms with Gasteiger partial charge in [-0.3, -0.25) is 4.79 Å². The minimum atomic E-state index is -1.09. The Bertz CT molecular complexity index is 306. The van der Waals surface area contributed by atoms with E-state index in [1.54, 1.807) is 13.8 Å². The third-order valence-corrected chi connectivity index (χ3v) is 2.00. The van der Waals surface area contributed by atoms with Crippen molar-refractivity contribution in [3.05, 3.63) is 0 Å². The summed E-state index contributed by atoms with van der Waals surface area (Å²) in [5.74, 6) is -1.91. The first-order chi connectivity index (χ1) is 8.34. The monoisotopic (exact) mass is 261 g/mol. The number of carbonyl (C=O) groups is 3. The molecule has 0 aromatic rings. The molecule has 0 bridgehead atoms. The summed E-state index contributed by atoms with van der Waals surface area (Å²) in [5, 5.41) is 13.6. The zero-order valence-electron chi connectivity index (χ0n) is 10.4. The highest BCUT2D eigenvalue weighted by atomic mass is 16.5. The third kappa shape index (κ3) is 7.44. The van der Waals surface area contributed by atoms with Crippen LogP contribution < -0.4 is 16.4 Å². The number of rotatable bonds is 8. The topological polar surface area (TPSA) is 131 Å². The second-order valence-electron chi connectivity index (χ2n) is 3.98. The molecule has 0 unspecified atom stereocenters. The van der Waals surface area contributed by atoms with E-state index in [0.717, 1.165) is 0 Å². The average molecular weight is 261 g/mol. The van der Waals surface area contributed by atoms with E-state index >= 15 is 0 Å². The third-order valence-electron chi connectivity index (χ3n) is 2.00. The van der Waals surface area contributed by atoms with Gasteiger partial charge in [0.25, 0.3) is 0 Å². The molecule has 18 heavy (non-hydrogen) atoms. The Morgan fingerprint density at radius 2 is 1.94 bits per heavy atom. The minimum Gasteiger partial charge on any atom is -0.480 e. The number of carboxylic acids is 1. The van der Waals surface area contributed by atoms with Crippen LogP contribution in [-0.2, 0) is 14.3 Å². The molecule has 0 aliphatic rings. The molecule has 0 aromatic heterocycles. The number of carboxylic acid groups (broad SMARTS) is 1. The van der Waals surface area contributed by atoms with Gasteiger partial charge in [0.1, 0.15) is 12.6 Å². The molecular formula is C10H19N3O5. The number of amides is 3. The van der Waals surface area contributed by atoms with Crippen LogP contribution in [0, 0.1) is 5.92 Å². The van der Waals surface area contributed by atoms with Crippen molar-refractivity contribution in [1.82, 2.24) is 10.6 Å². The van der Waals surface area contributed by atoms with E-state index in [4.69, 9.17) is 15.6 Å². The molecule has 0 aromatic carbocycles. The summed E-state index contributed by atoms with van der Waals surface area (Å²) in [6, 6.07) is -1.55. The maximum Gasteiger partial charge on any atom is 0.326 e. The molecule has 8 nitrogen and oxygen atoms in total. The molecule has 0 aliphatic heterocycles. The highest BCUT2D eigenvalue weighted by Crippen LogP contribution is 2.00. The quantitative estimate of drug-likeness (QED) is 0.412. The lowest BCUT2D eigenvalue weighted by molar-refractivity contribution is -0.140. The molecule has 0 spiro atoms. The Hall–Kier alpha value is -1.83. The molecule has 3 amide bonds. The molecule has 0 aliphatic carbocycles. The molecule has 1 atom stereocenters. The van der Waals surface area contributed by atoms with Crippen molar-refractivity contribution in [3.63, 3.8) is 0 Å². The zero-order valence-corrected chi connectivity index (χ0v) is 10.4. The highest BCUT2D eigenvalue weighted by molar-refractivity contribution is 5.82. The summed E-state index contributed by atoms with van der Waals surface area (Å²) in [6.07, 6.45) is 0. The van der Waals surface area contributed by atoms with Crippen molar-refractivity contribution in [2.24, 2.45) is 11.7 Å². The predicted octanol–water partition coefficient (Wildman–Crippen LogP) is -1.10. The van der Waals surface area contributed by atoms with Gasteiger partial charge in [-0.05, 0) is 5.92 Å². The summed E-state index contributed by atoms with van der Waals surface area (Å²) >= 11 is 0. The van der Waals surface area contributed by atoms with Crippen LogP contribution in [0.25, 0.3) is 0 Å². The molecule has 0 rings (SSSR count). The standard InChI is InChI=1S/C10H19N3O5/c1-6(2)8(9(15)16)13-10(17)12-3-4-18-5-7(11)14/h6,8H,3-5H2,1-2H3,(H2,11,14)(H,15,16)(H2,12,13,17)/t8-/m0/s1. The van der Waals surface area contributed by atoms with E-state index in [9.17, 15) is 14.4 Å². The summed E-state index contributed by atoms with van der Waals surface area (Å²) < 4.78 is 4.81. The fourth-order valence-electron chi connectivity index (χ4n) is 1.12. The molecule has 8 heteroatoms. The van der Waals surface area contributed by atoms with E-state index in [-0.39, 0.29) is 25.7 Å². The van der Waals surface area contributed by atoms with Crippen LogP contribution in [0.2, 0.25) is 0 Å². The van der Waals surface area contributed by atoms with Gasteiger partial charge in [0, 0.05) is 6.54 Å². The molecule has 0 saturated carbocycles. The van der Waals surface area contributed by atoms with E-state index in [2.05, 4.69) is 10.6 Å². The van der Waals surface area contributed by atoms with Crippen LogP contribution in [-0.4, -0.2) is 48.8 Å². The SMILES string of the molecule is CC(C)[C@H](NC(=O)NCCOCC(N)=O)C(=O)O. The van der Waals surface area contributed by atoms with Crippen molar-refractivity contribution in [3.8, 4) is 0 Å². The van der Waals surface area contributed by atoms with Gasteiger partial charge in [-0.25, -0.2) is 9.59 Å². The Kier molecular flexibility index (Phi) is 7.45. The van der Waals surface area contributed by atoms with Crippen LogP contribution in [0.15, 0.2) is 0 Å². The number of ether oxygens (including phenoxy) is 1. The van der Waals surface area contributed by atoms with Crippen LogP contribution in [0.3, 0.4) is 0 Å². The molecular weight excluding hydrogens is 242 g/mol. The Morgan fingerprint density at radius 3 is 2.39 bits per heavy atom. The first-order valence-corrected chi connectivity index (χ1v) is 5.47. The minimum absolute atomic E-state index is 0.121. The predicted molar refractivity (Wildman–Crippen MR) is 62.8 cm³/mol. The zero-order chi connectivity index (χ0) is 14.1. The molecule has 5 N–H and O–H groups in total. The Labute approximate surface area is 105 Å². The second kappa shape index (κ2) is 8.29. The van der Waals surface area contributed by atoms with Gasteiger partial charge in [-0.2, -0.15) is 0 Å². The smallest absolute Gasteiger partial charge is 0.326 e. The number of nitrogens with two attached hydrogens (primary N) is 1. The van der Waals surface area contributed by atoms with Crippen molar-refractivity contribution < 1.29 is 24.2 Å². The Morgan fingerprint density at radius 1 is 1.33 bits per heavy atom. The number of nitrogens with one attached hydrogen (secondary N) is 2. The van der Waals surface area contributed by atoms with Crippen LogP contribution in [0.5, 0.6) is 0 Å². The molecule has 0 saturated heterocycles. The summed E-state index contributed by atoms with van der Waals surface area (Å²) in [5.41, 5.74) is 4.84. The van der Waals surface area contributed by atoms with E-state index in [1.807, 2.05) is 0 Å². The molecule has 0 fully saturated rings. The number of carbonyl (C=O) groups excluding carboxylic acids is 2. The lowest BCUT2D eigenvalue weighted by atomic mass is 10.1. The van der Waals surface area contributed by atoms with Gasteiger partial charge in [0.15, 0.2) is 0 Å². The van der Waals surface area contributed by atoms with Gasteiger partial charge in [-0.1, -0.05) is 13.8 Å². The maximum atomic E-state index is 11.3. The number of hydrogen-bond donors (Lipinski definition) is 4. The van der Waals surface area contributed by atoms with E-state index in [0.29, 0.717) is 0 Å². The molecule has 0 radical (unpaired) electrons. The second-order valence-corrected chi connectivity index (χ2v) is 3.98. The van der Waals surface area contributed by atoms with Crippen molar-refractivity contribution >= 4 is 17.9 Å². The normalized spacial score (nSPS) is 11.9. The van der Waals surface area contributed by atoms with Gasteiger partial charge in [0.2, 0.25) is 5.91 Å². The van der Waals surface area contributed by atoms with E-state index < -0.39 is 23.9 Å². The average Bonchev–Trinajstić information content (AvgIpc) is 2.24. The Balaban J connectivity index is 3.82. The van der Waals surface area contributed by atoms with E-state index in [1.165, 1.54) is 0 Å². The fourth-order valence-corrected chi connectivity index (χ4v) is 1.12. The summed E-state index contributed by atoms with van der Waals surface area (Å²) in [6.45, 7) is 3.44. The van der Waals surface area contributed by atoms with Gasteiger partial charge in [0.05, 0.1) is 6.61 Å². The van der Waals surface area contributed by atoms with Gasteiger partial charge in [-0.15, -0.1) is 0 Å².